The van der Waals surface area contributed by atoms with Crippen LogP contribution < -0.4 is 5.32 Å². The largest absolute Gasteiger partial charge is 0.310 e. The Kier molecular flexibility index (Phi) is 5.19. The molecule has 0 heterocycles. The van der Waals surface area contributed by atoms with E-state index in [1.54, 1.807) is 6.07 Å². The van der Waals surface area contributed by atoms with E-state index in [0.717, 1.165) is 22.5 Å². The summed E-state index contributed by atoms with van der Waals surface area (Å²) in [6.45, 7) is 3.03. The van der Waals surface area contributed by atoms with Crippen LogP contribution in [0.4, 0.5) is 4.39 Å². The summed E-state index contributed by atoms with van der Waals surface area (Å²) in [6, 6.07) is 5.70. The minimum Gasteiger partial charge on any atom is -0.310 e. The van der Waals surface area contributed by atoms with E-state index in [1.807, 2.05) is 6.07 Å². The van der Waals surface area contributed by atoms with E-state index in [4.69, 9.17) is 0 Å². The van der Waals surface area contributed by atoms with Gasteiger partial charge in [-0.2, -0.15) is 0 Å². The van der Waals surface area contributed by atoms with E-state index in [2.05, 4.69) is 28.2 Å². The lowest BCUT2D eigenvalue weighted by Crippen LogP contribution is -2.37. The maximum absolute atomic E-state index is 13.3. The first-order valence-corrected chi connectivity index (χ1v) is 7.66. The Balaban J connectivity index is 1.93. The SMILES string of the molecule is CCC1CCCCC1NCc1cc(F)cc(Br)c1. The van der Waals surface area contributed by atoms with Gasteiger partial charge in [-0.1, -0.05) is 42.1 Å². The highest BCUT2D eigenvalue weighted by atomic mass is 79.9. The van der Waals surface area contributed by atoms with Crippen LogP contribution in [-0.2, 0) is 6.54 Å². The van der Waals surface area contributed by atoms with Crippen LogP contribution in [0.3, 0.4) is 0 Å². The second-order valence-electron chi connectivity index (χ2n) is 5.22. The van der Waals surface area contributed by atoms with E-state index in [0.29, 0.717) is 6.04 Å². The van der Waals surface area contributed by atoms with E-state index in [-0.39, 0.29) is 5.82 Å². The molecule has 1 aromatic carbocycles. The minimum atomic E-state index is -0.170. The first kappa shape index (κ1) is 14.0. The standard InChI is InChI=1S/C15H21BrFN/c1-2-12-5-3-4-6-15(12)18-10-11-7-13(16)9-14(17)8-11/h7-9,12,15,18H,2-6,10H2,1H3. The minimum absolute atomic E-state index is 0.170. The van der Waals surface area contributed by atoms with Crippen molar-refractivity contribution in [3.05, 3.63) is 34.1 Å². The first-order chi connectivity index (χ1) is 8.69. The van der Waals surface area contributed by atoms with Crippen LogP contribution in [0.15, 0.2) is 22.7 Å². The number of hydrogen-bond donors (Lipinski definition) is 1. The van der Waals surface area contributed by atoms with E-state index in [9.17, 15) is 4.39 Å². The molecule has 1 saturated carbocycles. The Morgan fingerprint density at radius 3 is 2.78 bits per heavy atom. The highest BCUT2D eigenvalue weighted by Gasteiger charge is 2.22. The van der Waals surface area contributed by atoms with Crippen molar-refractivity contribution >= 4 is 15.9 Å². The molecule has 2 rings (SSSR count). The molecule has 1 aromatic rings. The van der Waals surface area contributed by atoms with Gasteiger partial charge in [0.25, 0.3) is 0 Å². The monoisotopic (exact) mass is 313 g/mol. The zero-order valence-corrected chi connectivity index (χ0v) is 12.5. The number of halogens is 2. The van der Waals surface area contributed by atoms with Gasteiger partial charge in [0.1, 0.15) is 5.82 Å². The molecule has 1 N–H and O–H groups in total. The third-order valence-corrected chi connectivity index (χ3v) is 4.38. The molecule has 3 heteroatoms. The van der Waals surface area contributed by atoms with Crippen molar-refractivity contribution in [1.29, 1.82) is 0 Å². The highest BCUT2D eigenvalue weighted by Crippen LogP contribution is 2.27. The number of rotatable bonds is 4. The fourth-order valence-electron chi connectivity index (χ4n) is 2.93. The Morgan fingerprint density at radius 2 is 2.06 bits per heavy atom. The zero-order chi connectivity index (χ0) is 13.0. The lowest BCUT2D eigenvalue weighted by Gasteiger charge is -2.31. The molecule has 1 aliphatic carbocycles. The average molecular weight is 314 g/mol. The molecule has 0 amide bonds. The molecule has 0 radical (unpaired) electrons. The predicted molar refractivity (Wildman–Crippen MR) is 77.0 cm³/mol. The lowest BCUT2D eigenvalue weighted by atomic mass is 9.83. The smallest absolute Gasteiger partial charge is 0.124 e. The summed E-state index contributed by atoms with van der Waals surface area (Å²) in [5, 5.41) is 3.61. The zero-order valence-electron chi connectivity index (χ0n) is 10.9. The third-order valence-electron chi connectivity index (χ3n) is 3.92. The number of hydrogen-bond acceptors (Lipinski definition) is 1. The second-order valence-corrected chi connectivity index (χ2v) is 6.13. The molecule has 2 atom stereocenters. The fourth-order valence-corrected chi connectivity index (χ4v) is 3.44. The molecule has 2 unspecified atom stereocenters. The molecule has 1 nitrogen and oxygen atoms in total. The molecule has 0 aromatic heterocycles. The topological polar surface area (TPSA) is 12.0 Å². The van der Waals surface area contributed by atoms with Gasteiger partial charge in [0, 0.05) is 17.1 Å². The number of benzene rings is 1. The van der Waals surface area contributed by atoms with Crippen LogP contribution in [0, 0.1) is 11.7 Å². The van der Waals surface area contributed by atoms with Gasteiger partial charge < -0.3 is 5.32 Å². The molecular formula is C15H21BrFN. The second kappa shape index (κ2) is 6.67. The Hall–Kier alpha value is -0.410. The van der Waals surface area contributed by atoms with Gasteiger partial charge in [-0.25, -0.2) is 4.39 Å². The summed E-state index contributed by atoms with van der Waals surface area (Å²) < 4.78 is 14.1. The van der Waals surface area contributed by atoms with Crippen molar-refractivity contribution < 1.29 is 4.39 Å². The molecule has 0 saturated heterocycles. The molecule has 0 aliphatic heterocycles. The van der Waals surface area contributed by atoms with Gasteiger partial charge in [-0.05, 0) is 42.5 Å². The van der Waals surface area contributed by atoms with Gasteiger partial charge in [0.15, 0.2) is 0 Å². The van der Waals surface area contributed by atoms with Crippen LogP contribution in [0.1, 0.15) is 44.6 Å². The van der Waals surface area contributed by atoms with Gasteiger partial charge in [0.2, 0.25) is 0 Å². The Labute approximate surface area is 117 Å². The van der Waals surface area contributed by atoms with Crippen LogP contribution in [0.2, 0.25) is 0 Å². The van der Waals surface area contributed by atoms with Crippen molar-refractivity contribution in [3.63, 3.8) is 0 Å². The van der Waals surface area contributed by atoms with Crippen molar-refractivity contribution in [2.45, 2.75) is 51.6 Å². The van der Waals surface area contributed by atoms with Crippen molar-refractivity contribution in [2.24, 2.45) is 5.92 Å². The quantitative estimate of drug-likeness (QED) is 0.853. The summed E-state index contributed by atoms with van der Waals surface area (Å²) in [5.74, 6) is 0.618. The predicted octanol–water partition coefficient (Wildman–Crippen LogP) is 4.65. The summed E-state index contributed by atoms with van der Waals surface area (Å²) in [6.07, 6.45) is 6.52. The summed E-state index contributed by atoms with van der Waals surface area (Å²) in [5.41, 5.74) is 1.02. The molecular weight excluding hydrogens is 293 g/mol. The Bertz CT molecular complexity index is 374. The van der Waals surface area contributed by atoms with Crippen molar-refractivity contribution in [3.8, 4) is 0 Å². The third kappa shape index (κ3) is 3.79. The molecule has 0 bridgehead atoms. The van der Waals surface area contributed by atoms with Crippen molar-refractivity contribution in [1.82, 2.24) is 5.32 Å². The molecule has 100 valence electrons. The molecule has 0 spiro atoms. The number of nitrogens with one attached hydrogen (secondary N) is 1. The van der Waals surface area contributed by atoms with Gasteiger partial charge in [-0.3, -0.25) is 0 Å². The van der Waals surface area contributed by atoms with Gasteiger partial charge >= 0.3 is 0 Å². The van der Waals surface area contributed by atoms with Crippen molar-refractivity contribution in [2.75, 3.05) is 0 Å². The lowest BCUT2D eigenvalue weighted by molar-refractivity contribution is 0.254. The summed E-state index contributed by atoms with van der Waals surface area (Å²) in [4.78, 5) is 0. The van der Waals surface area contributed by atoms with Gasteiger partial charge in [-0.15, -0.1) is 0 Å². The molecule has 1 aliphatic rings. The molecule has 1 fully saturated rings. The van der Waals surface area contributed by atoms with E-state index < -0.39 is 0 Å². The fraction of sp³-hybridized carbons (Fsp3) is 0.600. The molecule has 18 heavy (non-hydrogen) atoms. The van der Waals surface area contributed by atoms with Crippen LogP contribution in [0.5, 0.6) is 0 Å². The van der Waals surface area contributed by atoms with Crippen LogP contribution in [-0.4, -0.2) is 6.04 Å². The maximum atomic E-state index is 13.3. The van der Waals surface area contributed by atoms with E-state index in [1.165, 1.54) is 38.2 Å². The highest BCUT2D eigenvalue weighted by molar-refractivity contribution is 9.10. The normalized spacial score (nSPS) is 24.2. The summed E-state index contributed by atoms with van der Waals surface area (Å²) in [7, 11) is 0. The summed E-state index contributed by atoms with van der Waals surface area (Å²) >= 11 is 3.34. The van der Waals surface area contributed by atoms with Crippen LogP contribution in [0.25, 0.3) is 0 Å². The van der Waals surface area contributed by atoms with E-state index >= 15 is 0 Å². The first-order valence-electron chi connectivity index (χ1n) is 6.87. The van der Waals surface area contributed by atoms with Crippen LogP contribution >= 0.6 is 15.9 Å². The Morgan fingerprint density at radius 1 is 1.28 bits per heavy atom. The van der Waals surface area contributed by atoms with Gasteiger partial charge in [0.05, 0.1) is 0 Å². The average Bonchev–Trinajstić information content (AvgIpc) is 2.35. The maximum Gasteiger partial charge on any atom is 0.124 e.